The second-order valence-corrected chi connectivity index (χ2v) is 3.56. The van der Waals surface area contributed by atoms with Crippen LogP contribution in [0.2, 0.25) is 0 Å². The molecule has 1 saturated heterocycles. The van der Waals surface area contributed by atoms with Crippen LogP contribution in [0, 0.1) is 11.3 Å². The summed E-state index contributed by atoms with van der Waals surface area (Å²) < 4.78 is 0. The molecule has 1 atom stereocenters. The summed E-state index contributed by atoms with van der Waals surface area (Å²) in [5.41, 5.74) is 0. The first-order valence-corrected chi connectivity index (χ1v) is 5.22. The van der Waals surface area contributed by atoms with Gasteiger partial charge in [0.25, 0.3) is 0 Å². The molecule has 0 saturated carbocycles. The smallest absolute Gasteiger partial charge is 0.237 e. The van der Waals surface area contributed by atoms with Gasteiger partial charge >= 0.3 is 0 Å². The molecular weight excluding hydrogens is 178 g/mol. The maximum absolute atomic E-state index is 11.5. The molecule has 1 aliphatic heterocycles. The molecule has 0 aliphatic carbocycles. The van der Waals surface area contributed by atoms with Gasteiger partial charge in [0.05, 0.1) is 18.5 Å². The highest BCUT2D eigenvalue weighted by Crippen LogP contribution is 2.08. The molecule has 1 aliphatic rings. The van der Waals surface area contributed by atoms with E-state index in [9.17, 15) is 4.79 Å². The minimum absolute atomic E-state index is 0.0437. The molecule has 4 heteroatoms. The Morgan fingerprint density at radius 2 is 2.36 bits per heavy atom. The van der Waals surface area contributed by atoms with Crippen LogP contribution in [0.1, 0.15) is 32.1 Å². The number of carbonyl (C=O) groups excluding carboxylic acids is 1. The van der Waals surface area contributed by atoms with Crippen molar-refractivity contribution in [3.05, 3.63) is 0 Å². The minimum Gasteiger partial charge on any atom is -0.354 e. The van der Waals surface area contributed by atoms with Gasteiger partial charge in [-0.2, -0.15) is 5.26 Å². The van der Waals surface area contributed by atoms with E-state index in [-0.39, 0.29) is 11.9 Å². The molecule has 14 heavy (non-hydrogen) atoms. The maximum atomic E-state index is 11.5. The van der Waals surface area contributed by atoms with Crippen molar-refractivity contribution in [3.63, 3.8) is 0 Å². The summed E-state index contributed by atoms with van der Waals surface area (Å²) in [6, 6.07) is 1.96. The third-order valence-electron chi connectivity index (χ3n) is 2.41. The van der Waals surface area contributed by atoms with Crippen LogP contribution in [0.25, 0.3) is 0 Å². The Kier molecular flexibility index (Phi) is 5.02. The molecular formula is C10H17N3O. The van der Waals surface area contributed by atoms with Gasteiger partial charge in [-0.3, -0.25) is 4.79 Å². The van der Waals surface area contributed by atoms with Crippen molar-refractivity contribution in [2.75, 3.05) is 13.1 Å². The van der Waals surface area contributed by atoms with Crippen molar-refractivity contribution < 1.29 is 4.79 Å². The molecule has 2 N–H and O–H groups in total. The third-order valence-corrected chi connectivity index (χ3v) is 2.41. The predicted octanol–water partition coefficient (Wildman–Crippen LogP) is 0.548. The number of nitrogens with zero attached hydrogens (tertiary/aromatic N) is 1. The lowest BCUT2D eigenvalue weighted by atomic mass is 10.1. The van der Waals surface area contributed by atoms with Crippen molar-refractivity contribution in [1.29, 1.82) is 5.26 Å². The Morgan fingerprint density at radius 3 is 3.14 bits per heavy atom. The van der Waals surface area contributed by atoms with Gasteiger partial charge in [-0.25, -0.2) is 0 Å². The quantitative estimate of drug-likeness (QED) is 0.646. The van der Waals surface area contributed by atoms with Crippen LogP contribution in [0.4, 0.5) is 0 Å². The second kappa shape index (κ2) is 6.39. The van der Waals surface area contributed by atoms with Gasteiger partial charge in [0, 0.05) is 6.54 Å². The number of nitrogens with one attached hydrogen (secondary N) is 2. The monoisotopic (exact) mass is 195 g/mol. The van der Waals surface area contributed by atoms with Crippen molar-refractivity contribution in [3.8, 4) is 6.07 Å². The number of nitriles is 1. The van der Waals surface area contributed by atoms with Crippen molar-refractivity contribution >= 4 is 5.91 Å². The van der Waals surface area contributed by atoms with E-state index in [4.69, 9.17) is 5.26 Å². The second-order valence-electron chi connectivity index (χ2n) is 3.56. The van der Waals surface area contributed by atoms with Crippen molar-refractivity contribution in [1.82, 2.24) is 10.6 Å². The largest absolute Gasteiger partial charge is 0.354 e. The van der Waals surface area contributed by atoms with Crippen LogP contribution >= 0.6 is 0 Å². The Labute approximate surface area is 84.7 Å². The van der Waals surface area contributed by atoms with Gasteiger partial charge in [-0.1, -0.05) is 12.8 Å². The van der Waals surface area contributed by atoms with E-state index in [1.807, 2.05) is 6.07 Å². The van der Waals surface area contributed by atoms with Crippen molar-refractivity contribution in [2.24, 2.45) is 0 Å². The van der Waals surface area contributed by atoms with Gasteiger partial charge in [0.1, 0.15) is 0 Å². The van der Waals surface area contributed by atoms with Crippen LogP contribution in [-0.4, -0.2) is 25.0 Å². The number of hydrogen-bond acceptors (Lipinski definition) is 3. The lowest BCUT2D eigenvalue weighted by Gasteiger charge is -2.14. The van der Waals surface area contributed by atoms with Crippen LogP contribution in [0.15, 0.2) is 0 Å². The average Bonchev–Trinajstić information content (AvgIpc) is 2.46. The highest BCUT2D eigenvalue weighted by atomic mass is 16.2. The first-order chi connectivity index (χ1) is 6.84. The van der Waals surface area contributed by atoms with Gasteiger partial charge in [-0.15, -0.1) is 0 Å². The zero-order valence-corrected chi connectivity index (χ0v) is 8.38. The molecule has 4 nitrogen and oxygen atoms in total. The maximum Gasteiger partial charge on any atom is 0.237 e. The number of amides is 1. The fourth-order valence-corrected chi connectivity index (χ4v) is 1.62. The van der Waals surface area contributed by atoms with E-state index < -0.39 is 0 Å². The van der Waals surface area contributed by atoms with Gasteiger partial charge in [0.15, 0.2) is 0 Å². The summed E-state index contributed by atoms with van der Waals surface area (Å²) >= 11 is 0. The third kappa shape index (κ3) is 3.75. The van der Waals surface area contributed by atoms with E-state index in [1.54, 1.807) is 0 Å². The standard InChI is InChI=1S/C10H17N3O/c11-6-4-8-13-10(14)9-5-2-1-3-7-12-9/h9,12H,1-5,7-8H2,(H,13,14). The van der Waals surface area contributed by atoms with Crippen LogP contribution in [0.5, 0.6) is 0 Å². The van der Waals surface area contributed by atoms with E-state index in [0.717, 1.165) is 25.8 Å². The molecule has 0 spiro atoms. The molecule has 78 valence electrons. The summed E-state index contributed by atoms with van der Waals surface area (Å²) in [4.78, 5) is 11.5. The molecule has 1 amide bonds. The number of carbonyl (C=O) groups is 1. The zero-order chi connectivity index (χ0) is 10.2. The fourth-order valence-electron chi connectivity index (χ4n) is 1.62. The van der Waals surface area contributed by atoms with Crippen LogP contribution in [-0.2, 0) is 4.79 Å². The highest BCUT2D eigenvalue weighted by Gasteiger charge is 2.18. The molecule has 0 bridgehead atoms. The first-order valence-electron chi connectivity index (χ1n) is 5.22. The zero-order valence-electron chi connectivity index (χ0n) is 8.38. The van der Waals surface area contributed by atoms with Gasteiger partial charge < -0.3 is 10.6 Å². The average molecular weight is 195 g/mol. The lowest BCUT2D eigenvalue weighted by Crippen LogP contribution is -2.43. The predicted molar refractivity (Wildman–Crippen MR) is 53.5 cm³/mol. The Balaban J connectivity index is 2.24. The molecule has 0 aromatic heterocycles. The summed E-state index contributed by atoms with van der Waals surface area (Å²) in [6.07, 6.45) is 4.77. The first kappa shape index (κ1) is 11.0. The van der Waals surface area contributed by atoms with Crippen LogP contribution in [0.3, 0.4) is 0 Å². The van der Waals surface area contributed by atoms with E-state index in [0.29, 0.717) is 13.0 Å². The molecule has 0 aromatic carbocycles. The highest BCUT2D eigenvalue weighted by molar-refractivity contribution is 5.81. The van der Waals surface area contributed by atoms with Gasteiger partial charge in [-0.05, 0) is 19.4 Å². The molecule has 0 radical (unpaired) electrons. The molecule has 1 unspecified atom stereocenters. The van der Waals surface area contributed by atoms with E-state index in [1.165, 1.54) is 6.42 Å². The Bertz CT molecular complexity index is 214. The summed E-state index contributed by atoms with van der Waals surface area (Å²) in [5.74, 6) is 0.0437. The SMILES string of the molecule is N#CCCNC(=O)C1CCCCCN1. The Morgan fingerprint density at radius 1 is 1.50 bits per heavy atom. The Hall–Kier alpha value is -1.08. The topological polar surface area (TPSA) is 64.9 Å². The molecule has 0 aromatic rings. The van der Waals surface area contributed by atoms with E-state index >= 15 is 0 Å². The summed E-state index contributed by atoms with van der Waals surface area (Å²) in [7, 11) is 0. The molecule has 1 rings (SSSR count). The number of hydrogen-bond donors (Lipinski definition) is 2. The fraction of sp³-hybridized carbons (Fsp3) is 0.800. The lowest BCUT2D eigenvalue weighted by molar-refractivity contribution is -0.123. The minimum atomic E-state index is -0.0452. The van der Waals surface area contributed by atoms with E-state index in [2.05, 4.69) is 10.6 Å². The number of rotatable bonds is 3. The molecule has 1 heterocycles. The van der Waals surface area contributed by atoms with Gasteiger partial charge in [0.2, 0.25) is 5.91 Å². The summed E-state index contributed by atoms with van der Waals surface area (Å²) in [6.45, 7) is 1.39. The molecule has 1 fully saturated rings. The normalized spacial score (nSPS) is 22.1. The van der Waals surface area contributed by atoms with Crippen LogP contribution < -0.4 is 10.6 Å². The summed E-state index contributed by atoms with van der Waals surface area (Å²) in [5, 5.41) is 14.3. The van der Waals surface area contributed by atoms with Crippen molar-refractivity contribution in [2.45, 2.75) is 38.1 Å².